The van der Waals surface area contributed by atoms with Gasteiger partial charge in [0.2, 0.25) is 5.91 Å². The van der Waals surface area contributed by atoms with Crippen molar-refractivity contribution in [3.63, 3.8) is 0 Å². The number of hydrogen-bond acceptors (Lipinski definition) is 4. The number of hydrogen-bond donors (Lipinski definition) is 1. The number of aryl methyl sites for hydroxylation is 1. The Bertz CT molecular complexity index is 1630. The average molecular weight is 574 g/mol. The number of carbonyl (C=O) groups excluding carboxylic acids is 1. The number of pyridine rings is 1. The maximum atomic E-state index is 13.6. The second-order valence-corrected chi connectivity index (χ2v) is 11.2. The zero-order chi connectivity index (χ0) is 29.2. The molecule has 216 valence electrons. The van der Waals surface area contributed by atoms with E-state index < -0.39 is 29.2 Å². The molecule has 0 radical (unpaired) electrons. The Balaban J connectivity index is 1.26. The summed E-state index contributed by atoms with van der Waals surface area (Å²) in [7, 11) is 1.59. The Morgan fingerprint density at radius 3 is 2.41 bits per heavy atom. The number of fused-ring (bicyclic) bond motifs is 2. The first-order valence-electron chi connectivity index (χ1n) is 13.5. The van der Waals surface area contributed by atoms with Crippen LogP contribution in [-0.4, -0.2) is 35.1 Å². The number of carbonyl (C=O) groups is 1. The normalized spacial score (nSPS) is 20.4. The van der Waals surface area contributed by atoms with E-state index in [2.05, 4.69) is 5.32 Å². The first kappa shape index (κ1) is 27.3. The molecule has 1 aromatic heterocycles. The molecule has 1 saturated carbocycles. The third-order valence-electron chi connectivity index (χ3n) is 8.38. The van der Waals surface area contributed by atoms with Crippen LogP contribution in [0.2, 0.25) is 0 Å². The topological polar surface area (TPSA) is 63.6 Å². The van der Waals surface area contributed by atoms with Gasteiger partial charge in [-0.15, -0.1) is 0 Å². The van der Waals surface area contributed by atoms with Gasteiger partial charge < -0.3 is 19.5 Å². The molecular formula is C30H28F5N3O3. The maximum Gasteiger partial charge on any atom is 0.416 e. The minimum Gasteiger partial charge on any atom is -0.486 e. The molecule has 11 heteroatoms. The number of piperidine rings is 1. The van der Waals surface area contributed by atoms with Crippen LogP contribution in [0.1, 0.15) is 49.7 Å². The molecule has 1 saturated heterocycles. The van der Waals surface area contributed by atoms with Gasteiger partial charge in [0, 0.05) is 62.1 Å². The van der Waals surface area contributed by atoms with E-state index in [4.69, 9.17) is 4.74 Å². The fraction of sp³-hybridized carbons (Fsp3) is 0.400. The number of aromatic nitrogens is 1. The number of alkyl halides is 5. The summed E-state index contributed by atoms with van der Waals surface area (Å²) in [5, 5.41) is 3.51. The van der Waals surface area contributed by atoms with Crippen LogP contribution in [0.3, 0.4) is 0 Å². The molecule has 3 heterocycles. The summed E-state index contributed by atoms with van der Waals surface area (Å²) in [4.78, 5) is 27.9. The highest BCUT2D eigenvalue weighted by atomic mass is 19.4. The SMILES string of the molecule is Cn1c(=O)c(N2CCC(F)(F)CC2)cc2ccc(NC(=O)C=C3CC4(CCC4)Oc4cc(C(F)(F)F)ccc43)cc21. The van der Waals surface area contributed by atoms with Crippen LogP contribution in [-0.2, 0) is 18.0 Å². The smallest absolute Gasteiger partial charge is 0.416 e. The monoisotopic (exact) mass is 573 g/mol. The Morgan fingerprint density at radius 1 is 1.02 bits per heavy atom. The van der Waals surface area contributed by atoms with Crippen molar-refractivity contribution < 1.29 is 31.5 Å². The lowest BCUT2D eigenvalue weighted by molar-refractivity contribution is -0.138. The number of nitrogens with zero attached hydrogens (tertiary/aromatic N) is 2. The Hall–Kier alpha value is -3.89. The molecule has 1 spiro atoms. The second kappa shape index (κ2) is 9.60. The Labute approximate surface area is 232 Å². The van der Waals surface area contributed by atoms with E-state index in [-0.39, 0.29) is 37.2 Å². The van der Waals surface area contributed by atoms with E-state index >= 15 is 0 Å². The predicted octanol–water partition coefficient (Wildman–Crippen LogP) is 6.52. The summed E-state index contributed by atoms with van der Waals surface area (Å²) < 4.78 is 74.6. The molecule has 1 aliphatic carbocycles. The zero-order valence-corrected chi connectivity index (χ0v) is 22.3. The molecular weight excluding hydrogens is 545 g/mol. The van der Waals surface area contributed by atoms with E-state index in [9.17, 15) is 31.5 Å². The minimum absolute atomic E-state index is 0.0868. The molecule has 0 unspecified atom stereocenters. The molecule has 3 aromatic rings. The Morgan fingerprint density at radius 2 is 1.76 bits per heavy atom. The molecule has 2 fully saturated rings. The number of ether oxygens (including phenoxy) is 1. The summed E-state index contributed by atoms with van der Waals surface area (Å²) in [6.45, 7) is 0.174. The van der Waals surface area contributed by atoms with E-state index in [1.165, 1.54) is 16.7 Å². The first-order valence-corrected chi connectivity index (χ1v) is 13.5. The summed E-state index contributed by atoms with van der Waals surface area (Å²) >= 11 is 0. The summed E-state index contributed by atoms with van der Waals surface area (Å²) in [6.07, 6.45) is -1.03. The fourth-order valence-corrected chi connectivity index (χ4v) is 5.90. The first-order chi connectivity index (χ1) is 19.3. The quantitative estimate of drug-likeness (QED) is 0.286. The van der Waals surface area contributed by atoms with Gasteiger partial charge >= 0.3 is 6.18 Å². The van der Waals surface area contributed by atoms with Crippen LogP contribution < -0.4 is 20.5 Å². The summed E-state index contributed by atoms with van der Waals surface area (Å²) in [5.41, 5.74) is 0.655. The summed E-state index contributed by atoms with van der Waals surface area (Å²) in [6, 6.07) is 10.1. The highest BCUT2D eigenvalue weighted by molar-refractivity contribution is 6.05. The van der Waals surface area contributed by atoms with Gasteiger partial charge in [0.1, 0.15) is 17.0 Å². The fourth-order valence-electron chi connectivity index (χ4n) is 5.90. The van der Waals surface area contributed by atoms with Crippen LogP contribution in [0.4, 0.5) is 33.3 Å². The number of amides is 1. The van der Waals surface area contributed by atoms with Gasteiger partial charge in [0.15, 0.2) is 0 Å². The molecule has 0 atom stereocenters. The number of rotatable bonds is 3. The van der Waals surface area contributed by atoms with Crippen molar-refractivity contribution >= 4 is 33.8 Å². The lowest BCUT2D eigenvalue weighted by Gasteiger charge is -2.46. The molecule has 6 nitrogen and oxygen atoms in total. The third kappa shape index (κ3) is 5.17. The van der Waals surface area contributed by atoms with Gasteiger partial charge in [0.05, 0.1) is 11.1 Å². The van der Waals surface area contributed by atoms with Crippen LogP contribution in [0.25, 0.3) is 16.5 Å². The van der Waals surface area contributed by atoms with Crippen molar-refractivity contribution in [2.24, 2.45) is 7.05 Å². The average Bonchev–Trinajstić information content (AvgIpc) is 2.89. The predicted molar refractivity (Wildman–Crippen MR) is 145 cm³/mol. The number of benzene rings is 2. The van der Waals surface area contributed by atoms with E-state index in [1.54, 1.807) is 36.2 Å². The molecule has 1 N–H and O–H groups in total. The van der Waals surface area contributed by atoms with Gasteiger partial charge in [-0.25, -0.2) is 8.78 Å². The van der Waals surface area contributed by atoms with Gasteiger partial charge in [-0.1, -0.05) is 12.1 Å². The minimum atomic E-state index is -4.51. The molecule has 1 amide bonds. The lowest BCUT2D eigenvalue weighted by Crippen LogP contribution is -2.45. The second-order valence-electron chi connectivity index (χ2n) is 11.2. The zero-order valence-electron chi connectivity index (χ0n) is 22.3. The molecule has 6 rings (SSSR count). The van der Waals surface area contributed by atoms with E-state index in [0.717, 1.165) is 18.6 Å². The number of nitrogens with one attached hydrogen (secondary N) is 1. The number of anilines is 2. The van der Waals surface area contributed by atoms with Crippen LogP contribution in [0.5, 0.6) is 5.75 Å². The van der Waals surface area contributed by atoms with Crippen molar-refractivity contribution in [1.82, 2.24) is 4.57 Å². The largest absolute Gasteiger partial charge is 0.486 e. The molecule has 3 aliphatic rings. The highest BCUT2D eigenvalue weighted by Gasteiger charge is 2.44. The van der Waals surface area contributed by atoms with Crippen molar-refractivity contribution in [3.05, 3.63) is 70.0 Å². The van der Waals surface area contributed by atoms with Gasteiger partial charge in [0.25, 0.3) is 11.5 Å². The Kier molecular flexibility index (Phi) is 6.39. The van der Waals surface area contributed by atoms with Crippen molar-refractivity contribution in [2.75, 3.05) is 23.3 Å². The van der Waals surface area contributed by atoms with E-state index in [0.29, 0.717) is 52.7 Å². The van der Waals surface area contributed by atoms with Gasteiger partial charge in [-0.05, 0) is 55.2 Å². The molecule has 0 bridgehead atoms. The van der Waals surface area contributed by atoms with Gasteiger partial charge in [-0.3, -0.25) is 9.59 Å². The van der Waals surface area contributed by atoms with Crippen molar-refractivity contribution in [3.8, 4) is 5.75 Å². The highest BCUT2D eigenvalue weighted by Crippen LogP contribution is 2.50. The molecule has 41 heavy (non-hydrogen) atoms. The van der Waals surface area contributed by atoms with Crippen LogP contribution in [0, 0.1) is 0 Å². The van der Waals surface area contributed by atoms with Crippen LogP contribution in [0.15, 0.2) is 53.3 Å². The molecule has 2 aliphatic heterocycles. The van der Waals surface area contributed by atoms with Crippen molar-refractivity contribution in [2.45, 2.75) is 56.2 Å². The van der Waals surface area contributed by atoms with Crippen LogP contribution >= 0.6 is 0 Å². The van der Waals surface area contributed by atoms with E-state index in [1.807, 2.05) is 0 Å². The molecule has 2 aromatic carbocycles. The van der Waals surface area contributed by atoms with Gasteiger partial charge in [-0.2, -0.15) is 13.2 Å². The number of halogens is 5. The maximum absolute atomic E-state index is 13.6. The van der Waals surface area contributed by atoms with Crippen molar-refractivity contribution in [1.29, 1.82) is 0 Å². The summed E-state index contributed by atoms with van der Waals surface area (Å²) in [5.74, 6) is -3.06. The lowest BCUT2D eigenvalue weighted by atomic mass is 9.72. The third-order valence-corrected chi connectivity index (χ3v) is 8.38. The standard InChI is InChI=1S/C30H28F5N3O3/c1-37-23-16-21(5-3-18(23)13-24(27(37)40)38-11-9-29(31,32)10-12-38)36-26(39)14-19-17-28(7-2-8-28)41-25-15-20(30(33,34)35)4-6-22(19)25/h3-6,13-16H,2,7-12,17H2,1H3,(H,36,39).